The molecule has 0 aliphatic carbocycles. The van der Waals surface area contributed by atoms with Crippen molar-refractivity contribution in [1.29, 1.82) is 0 Å². The fraction of sp³-hybridized carbons (Fsp3) is 0.733. The summed E-state index contributed by atoms with van der Waals surface area (Å²) in [5, 5.41) is 0. The van der Waals surface area contributed by atoms with Crippen LogP contribution in [0.25, 0.3) is 0 Å². The Balaban J connectivity index is 1.70. The highest BCUT2D eigenvalue weighted by molar-refractivity contribution is 5.12. The van der Waals surface area contributed by atoms with Gasteiger partial charge in [-0.15, -0.1) is 0 Å². The van der Waals surface area contributed by atoms with Crippen LogP contribution in [0.1, 0.15) is 37.3 Å². The van der Waals surface area contributed by atoms with E-state index < -0.39 is 0 Å². The molecule has 5 nitrogen and oxygen atoms in total. The third-order valence-electron chi connectivity index (χ3n) is 4.32. The minimum atomic E-state index is -0.335. The smallest absolute Gasteiger partial charge is 0.170 e. The second-order valence-corrected chi connectivity index (χ2v) is 5.90. The lowest BCUT2D eigenvalue weighted by Gasteiger charge is -2.41. The quantitative estimate of drug-likeness (QED) is 0.915. The zero-order valence-corrected chi connectivity index (χ0v) is 12.3. The number of aryl methyl sites for hydroxylation is 1. The van der Waals surface area contributed by atoms with Crippen LogP contribution in [-0.4, -0.2) is 43.0 Å². The summed E-state index contributed by atoms with van der Waals surface area (Å²) in [7, 11) is 0. The molecule has 2 aliphatic rings. The molecule has 0 saturated carbocycles. The second-order valence-electron chi connectivity index (χ2n) is 5.90. The number of piperidine rings is 1. The summed E-state index contributed by atoms with van der Waals surface area (Å²) in [5.74, 6) is 1.56. The zero-order chi connectivity index (χ0) is 14.2. The lowest BCUT2D eigenvalue weighted by molar-refractivity contribution is -0.189. The summed E-state index contributed by atoms with van der Waals surface area (Å²) in [4.78, 5) is 2.39. The van der Waals surface area contributed by atoms with Gasteiger partial charge in [-0.3, -0.25) is 4.90 Å². The lowest BCUT2D eigenvalue weighted by Crippen LogP contribution is -2.49. The monoisotopic (exact) mass is 280 g/mol. The number of rotatable bonds is 3. The Morgan fingerprint density at radius 2 is 1.85 bits per heavy atom. The number of nitrogens with zero attached hydrogens (tertiary/aromatic N) is 1. The van der Waals surface area contributed by atoms with Gasteiger partial charge in [0.2, 0.25) is 0 Å². The van der Waals surface area contributed by atoms with Gasteiger partial charge in [0, 0.05) is 32.0 Å². The van der Waals surface area contributed by atoms with E-state index in [0.29, 0.717) is 13.2 Å². The molecule has 1 aromatic heterocycles. The van der Waals surface area contributed by atoms with Crippen LogP contribution in [0.15, 0.2) is 16.5 Å². The molecule has 2 N–H and O–H groups in total. The van der Waals surface area contributed by atoms with Crippen molar-refractivity contribution in [2.24, 2.45) is 5.73 Å². The van der Waals surface area contributed by atoms with Crippen LogP contribution in [0.2, 0.25) is 0 Å². The number of nitrogens with two attached hydrogens (primary N) is 1. The van der Waals surface area contributed by atoms with Gasteiger partial charge in [-0.25, -0.2) is 0 Å². The van der Waals surface area contributed by atoms with Crippen LogP contribution in [0.4, 0.5) is 0 Å². The third-order valence-corrected chi connectivity index (χ3v) is 4.32. The number of hydrogen-bond donors (Lipinski definition) is 1. The van der Waals surface area contributed by atoms with Gasteiger partial charge in [0.15, 0.2) is 5.79 Å². The van der Waals surface area contributed by atoms with Gasteiger partial charge in [-0.2, -0.15) is 0 Å². The lowest BCUT2D eigenvalue weighted by atomic mass is 9.98. The summed E-state index contributed by atoms with van der Waals surface area (Å²) in [6, 6.07) is 4.19. The summed E-state index contributed by atoms with van der Waals surface area (Å²) in [6.45, 7) is 7.28. The van der Waals surface area contributed by atoms with Crippen molar-refractivity contribution in [2.75, 3.05) is 26.3 Å². The van der Waals surface area contributed by atoms with Crippen LogP contribution in [-0.2, 0) is 9.47 Å². The highest BCUT2D eigenvalue weighted by Crippen LogP contribution is 2.35. The largest absolute Gasteiger partial charge is 0.465 e. The van der Waals surface area contributed by atoms with Crippen molar-refractivity contribution in [2.45, 2.75) is 44.6 Å². The normalized spacial score (nSPS) is 25.9. The first-order chi connectivity index (χ1) is 9.60. The van der Waals surface area contributed by atoms with Crippen molar-refractivity contribution in [3.8, 4) is 0 Å². The molecule has 2 atom stereocenters. The molecule has 1 spiro atoms. The van der Waals surface area contributed by atoms with E-state index in [1.165, 1.54) is 0 Å². The summed E-state index contributed by atoms with van der Waals surface area (Å²) in [6.07, 6.45) is 1.80. The van der Waals surface area contributed by atoms with Gasteiger partial charge in [-0.1, -0.05) is 0 Å². The minimum Gasteiger partial charge on any atom is -0.465 e. The number of likely N-dealkylation sites (tertiary alicyclic amines) is 1. The summed E-state index contributed by atoms with van der Waals surface area (Å²) in [5.41, 5.74) is 6.19. The molecule has 0 amide bonds. The summed E-state index contributed by atoms with van der Waals surface area (Å²) >= 11 is 0. The first kappa shape index (κ1) is 14.1. The van der Waals surface area contributed by atoms with E-state index in [1.54, 1.807) is 0 Å². The predicted octanol–water partition coefficient (Wildman–Crippen LogP) is 1.82. The van der Waals surface area contributed by atoms with Crippen LogP contribution in [0.5, 0.6) is 0 Å². The van der Waals surface area contributed by atoms with Gasteiger partial charge in [-0.05, 0) is 26.0 Å². The fourth-order valence-electron chi connectivity index (χ4n) is 3.31. The average molecular weight is 280 g/mol. The SMILES string of the molecule is Cc1ccc(C(C(C)N)N2CCC3(CC2)OCCO3)o1. The molecule has 2 aliphatic heterocycles. The van der Waals surface area contributed by atoms with Gasteiger partial charge in [0.25, 0.3) is 0 Å². The topological polar surface area (TPSA) is 60.9 Å². The molecule has 20 heavy (non-hydrogen) atoms. The van der Waals surface area contributed by atoms with E-state index >= 15 is 0 Å². The van der Waals surface area contributed by atoms with Gasteiger partial charge in [0.05, 0.1) is 19.3 Å². The van der Waals surface area contributed by atoms with Gasteiger partial charge < -0.3 is 19.6 Å². The van der Waals surface area contributed by atoms with E-state index in [1.807, 2.05) is 26.0 Å². The van der Waals surface area contributed by atoms with Crippen LogP contribution in [0, 0.1) is 6.92 Å². The van der Waals surface area contributed by atoms with E-state index in [-0.39, 0.29) is 17.9 Å². The maximum Gasteiger partial charge on any atom is 0.170 e. The molecule has 2 unspecified atom stereocenters. The van der Waals surface area contributed by atoms with Crippen molar-refractivity contribution < 1.29 is 13.9 Å². The molecule has 3 heterocycles. The van der Waals surface area contributed by atoms with Crippen molar-refractivity contribution in [1.82, 2.24) is 4.90 Å². The Bertz CT molecular complexity index is 442. The number of furan rings is 1. The van der Waals surface area contributed by atoms with Gasteiger partial charge in [0.1, 0.15) is 11.5 Å². The third kappa shape index (κ3) is 2.63. The van der Waals surface area contributed by atoms with E-state index in [9.17, 15) is 0 Å². The van der Waals surface area contributed by atoms with E-state index in [2.05, 4.69) is 4.90 Å². The van der Waals surface area contributed by atoms with E-state index in [4.69, 9.17) is 19.6 Å². The van der Waals surface area contributed by atoms with E-state index in [0.717, 1.165) is 37.5 Å². The Hall–Kier alpha value is -0.880. The van der Waals surface area contributed by atoms with Crippen molar-refractivity contribution in [3.05, 3.63) is 23.7 Å². The van der Waals surface area contributed by atoms with Crippen molar-refractivity contribution >= 4 is 0 Å². The average Bonchev–Trinajstić information content (AvgIpc) is 3.02. The molecular formula is C15H24N2O3. The molecule has 0 aromatic carbocycles. The summed E-state index contributed by atoms with van der Waals surface area (Å²) < 4.78 is 17.3. The minimum absolute atomic E-state index is 0.0278. The standard InChI is InChI=1S/C15H24N2O3/c1-11-3-4-13(20-11)14(12(2)16)17-7-5-15(6-8-17)18-9-10-19-15/h3-4,12,14H,5-10,16H2,1-2H3. The predicted molar refractivity (Wildman–Crippen MR) is 75.3 cm³/mol. The number of hydrogen-bond acceptors (Lipinski definition) is 5. The molecule has 1 aromatic rings. The number of ether oxygens (including phenoxy) is 2. The van der Waals surface area contributed by atoms with Gasteiger partial charge >= 0.3 is 0 Å². The Morgan fingerprint density at radius 3 is 2.35 bits per heavy atom. The molecule has 3 rings (SSSR count). The van der Waals surface area contributed by atoms with Crippen LogP contribution in [0.3, 0.4) is 0 Å². The first-order valence-corrected chi connectivity index (χ1v) is 7.43. The molecule has 112 valence electrons. The molecule has 2 saturated heterocycles. The zero-order valence-electron chi connectivity index (χ0n) is 12.3. The first-order valence-electron chi connectivity index (χ1n) is 7.43. The molecule has 0 radical (unpaired) electrons. The molecule has 0 bridgehead atoms. The van der Waals surface area contributed by atoms with Crippen LogP contribution < -0.4 is 5.73 Å². The second kappa shape index (κ2) is 5.48. The maximum absolute atomic E-state index is 6.19. The highest BCUT2D eigenvalue weighted by Gasteiger charge is 2.42. The molecule has 5 heteroatoms. The molecular weight excluding hydrogens is 256 g/mol. The van der Waals surface area contributed by atoms with Crippen molar-refractivity contribution in [3.63, 3.8) is 0 Å². The Kier molecular flexibility index (Phi) is 3.86. The fourth-order valence-corrected chi connectivity index (χ4v) is 3.31. The Labute approximate surface area is 120 Å². The van der Waals surface area contributed by atoms with Crippen LogP contribution >= 0.6 is 0 Å². The molecule has 2 fully saturated rings. The maximum atomic E-state index is 6.19. The highest BCUT2D eigenvalue weighted by atomic mass is 16.7. The Morgan fingerprint density at radius 1 is 1.20 bits per heavy atom.